The van der Waals surface area contributed by atoms with E-state index in [0.29, 0.717) is 18.5 Å². The Balaban J connectivity index is 1.32. The van der Waals surface area contributed by atoms with Gasteiger partial charge in [-0.05, 0) is 158 Å². The number of fused-ring (bicyclic) bond motifs is 5. The lowest BCUT2D eigenvalue weighted by Crippen LogP contribution is -2.51. The van der Waals surface area contributed by atoms with Gasteiger partial charge in [0, 0.05) is 30.6 Å². The van der Waals surface area contributed by atoms with E-state index in [9.17, 15) is 4.79 Å². The van der Waals surface area contributed by atoms with E-state index < -0.39 is 0 Å². The Morgan fingerprint density at radius 1 is 0.917 bits per heavy atom. The van der Waals surface area contributed by atoms with E-state index in [-0.39, 0.29) is 28.7 Å². The number of hydrogen-bond acceptors (Lipinski definition) is 5. The van der Waals surface area contributed by atoms with E-state index >= 15 is 0 Å². The van der Waals surface area contributed by atoms with Crippen molar-refractivity contribution < 1.29 is 9.53 Å². The summed E-state index contributed by atoms with van der Waals surface area (Å²) in [6.45, 7) is 24.0. The maximum absolute atomic E-state index is 13.6. The van der Waals surface area contributed by atoms with Crippen molar-refractivity contribution in [1.29, 1.82) is 0 Å². The Hall–Kier alpha value is -1.11. The van der Waals surface area contributed by atoms with E-state index in [1.807, 2.05) is 18.7 Å². The molecule has 0 aromatic carbocycles. The van der Waals surface area contributed by atoms with Crippen LogP contribution in [0.2, 0.25) is 0 Å². The number of nitrogens with zero attached hydrogens (tertiary/aromatic N) is 1. The number of nitrogens with one attached hydrogen (secondary N) is 1. The Morgan fingerprint density at radius 2 is 1.65 bits per heavy atom. The lowest BCUT2D eigenvalue weighted by Gasteiger charge is -2.58. The summed E-state index contributed by atoms with van der Waals surface area (Å²) in [7, 11) is 0. The van der Waals surface area contributed by atoms with Crippen LogP contribution in [0.1, 0.15) is 159 Å². The van der Waals surface area contributed by atoms with Crippen molar-refractivity contribution in [1.82, 2.24) is 10.2 Å². The molecule has 8 atom stereocenters. The number of allylic oxidation sites excluding steroid dienone is 1. The van der Waals surface area contributed by atoms with Crippen LogP contribution in [0.5, 0.6) is 0 Å². The van der Waals surface area contributed by atoms with Gasteiger partial charge in [-0.25, -0.2) is 4.79 Å². The number of ether oxygens (including phenoxy) is 1. The second-order valence-corrected chi connectivity index (χ2v) is 19.5. The van der Waals surface area contributed by atoms with Crippen LogP contribution in [0.3, 0.4) is 0 Å². The van der Waals surface area contributed by atoms with Gasteiger partial charge >= 0.3 is 6.09 Å². The Labute approximate surface area is 296 Å². The molecule has 6 heteroatoms. The molecule has 0 radical (unpaired) electrons. The van der Waals surface area contributed by atoms with Crippen molar-refractivity contribution >= 4 is 6.09 Å². The molecule has 278 valence electrons. The first-order valence-corrected chi connectivity index (χ1v) is 20.4. The van der Waals surface area contributed by atoms with E-state index in [0.717, 1.165) is 93.5 Å². The Kier molecular flexibility index (Phi) is 13.6. The van der Waals surface area contributed by atoms with E-state index in [4.69, 9.17) is 16.2 Å². The quantitative estimate of drug-likeness (QED) is 0.106. The third kappa shape index (κ3) is 10.2. The average molecular weight is 671 g/mol. The summed E-state index contributed by atoms with van der Waals surface area (Å²) >= 11 is 0. The van der Waals surface area contributed by atoms with Crippen molar-refractivity contribution in [2.75, 3.05) is 26.2 Å². The summed E-state index contributed by atoms with van der Waals surface area (Å²) in [5, 5.41) is 3.51. The summed E-state index contributed by atoms with van der Waals surface area (Å²) in [5.74, 6) is 5.07. The number of rotatable bonds is 17. The van der Waals surface area contributed by atoms with Gasteiger partial charge in [0.2, 0.25) is 0 Å². The first-order chi connectivity index (χ1) is 22.4. The van der Waals surface area contributed by atoms with Gasteiger partial charge in [-0.2, -0.15) is 0 Å². The van der Waals surface area contributed by atoms with Crippen molar-refractivity contribution in [2.45, 2.75) is 176 Å². The molecule has 0 aliphatic heterocycles. The zero-order chi connectivity index (χ0) is 35.3. The number of hydrogen-bond donors (Lipinski definition) is 3. The number of unbranched alkanes of at least 4 members (excludes halogenated alkanes) is 1. The minimum Gasteiger partial charge on any atom is -0.446 e. The highest BCUT2D eigenvalue weighted by atomic mass is 16.6. The average Bonchev–Trinajstić information content (AvgIpc) is 3.34. The predicted octanol–water partition coefficient (Wildman–Crippen LogP) is 9.46. The molecule has 0 unspecified atom stereocenters. The summed E-state index contributed by atoms with van der Waals surface area (Å²) < 4.78 is 6.33. The molecule has 3 saturated carbocycles. The molecule has 3 fully saturated rings. The van der Waals surface area contributed by atoms with Crippen LogP contribution in [0.25, 0.3) is 0 Å². The van der Waals surface area contributed by atoms with Gasteiger partial charge in [0.25, 0.3) is 0 Å². The standard InChI is InChI=1S/C42H78N4O2/c1-30(2)13-12-14-31(3)35-17-18-36-34-16-15-32-29-33(19-21-41(32,8)37(34)20-22-42(35,36)9)48-38(47)46(28-24-40(6,7)44)27-11-10-25-45-26-23-39(4,5)43/h15,30-31,33-37,45H,10-14,16-29,43-44H2,1-9H3/t31-,33+,34+,35-,36+,37+,41+,42-/m1/s1. The molecular weight excluding hydrogens is 592 g/mol. The lowest BCUT2D eigenvalue weighted by atomic mass is 9.47. The van der Waals surface area contributed by atoms with Gasteiger partial charge in [0.05, 0.1) is 0 Å². The maximum atomic E-state index is 13.6. The van der Waals surface area contributed by atoms with Gasteiger partial charge in [-0.3, -0.25) is 0 Å². The SMILES string of the molecule is CC(C)CCC[C@@H](C)[C@H]1CC[C@H]2[C@@H]3CC=C4C[C@@H](OC(=O)N(CCCCNCCC(C)(C)N)CCC(C)(C)N)CC[C@]4(C)[C@H]3CC[C@]12C. The monoisotopic (exact) mass is 671 g/mol. The molecule has 4 aliphatic rings. The zero-order valence-corrected chi connectivity index (χ0v) is 33.0. The Bertz CT molecular complexity index is 1060. The van der Waals surface area contributed by atoms with E-state index in [1.165, 1.54) is 51.4 Å². The summed E-state index contributed by atoms with van der Waals surface area (Å²) in [6, 6.07) is 0. The third-order valence-electron chi connectivity index (χ3n) is 13.8. The second-order valence-electron chi connectivity index (χ2n) is 19.5. The topological polar surface area (TPSA) is 93.6 Å². The predicted molar refractivity (Wildman–Crippen MR) is 203 cm³/mol. The molecule has 0 saturated heterocycles. The van der Waals surface area contributed by atoms with E-state index in [2.05, 4.69) is 59.9 Å². The highest BCUT2D eigenvalue weighted by Crippen LogP contribution is 2.67. The molecular formula is C42H78N4O2. The third-order valence-corrected chi connectivity index (χ3v) is 13.8. The number of nitrogens with two attached hydrogens (primary N) is 2. The number of carbonyl (C=O) groups is 1. The van der Waals surface area contributed by atoms with Crippen LogP contribution in [-0.2, 0) is 4.74 Å². The molecule has 0 spiro atoms. The van der Waals surface area contributed by atoms with Gasteiger partial charge < -0.3 is 26.4 Å². The van der Waals surface area contributed by atoms with Crippen LogP contribution < -0.4 is 16.8 Å². The van der Waals surface area contributed by atoms with Gasteiger partial charge in [0.1, 0.15) is 6.10 Å². The molecule has 4 rings (SSSR count). The molecule has 6 nitrogen and oxygen atoms in total. The normalized spacial score (nSPS) is 32.7. The second kappa shape index (κ2) is 16.5. The highest BCUT2D eigenvalue weighted by molar-refractivity contribution is 5.68. The molecule has 0 bridgehead atoms. The van der Waals surface area contributed by atoms with Crippen LogP contribution >= 0.6 is 0 Å². The first-order valence-electron chi connectivity index (χ1n) is 20.4. The highest BCUT2D eigenvalue weighted by Gasteiger charge is 2.59. The van der Waals surface area contributed by atoms with Crippen molar-refractivity contribution in [3.8, 4) is 0 Å². The van der Waals surface area contributed by atoms with Crippen LogP contribution in [-0.4, -0.2) is 54.4 Å². The first kappa shape index (κ1) is 39.7. The van der Waals surface area contributed by atoms with Gasteiger partial charge in [0.15, 0.2) is 0 Å². The van der Waals surface area contributed by atoms with Gasteiger partial charge in [-0.1, -0.05) is 65.5 Å². The zero-order valence-electron chi connectivity index (χ0n) is 33.0. The molecule has 48 heavy (non-hydrogen) atoms. The van der Waals surface area contributed by atoms with Gasteiger partial charge in [-0.15, -0.1) is 0 Å². The smallest absolute Gasteiger partial charge is 0.410 e. The van der Waals surface area contributed by atoms with Crippen LogP contribution in [0.15, 0.2) is 11.6 Å². The van der Waals surface area contributed by atoms with E-state index in [1.54, 1.807) is 5.57 Å². The van der Waals surface area contributed by atoms with Crippen LogP contribution in [0, 0.1) is 46.3 Å². The fourth-order valence-corrected chi connectivity index (χ4v) is 10.8. The summed E-state index contributed by atoms with van der Waals surface area (Å²) in [5.41, 5.74) is 14.4. The number of carbonyl (C=O) groups excluding carboxylic acids is 1. The van der Waals surface area contributed by atoms with Crippen molar-refractivity contribution in [3.63, 3.8) is 0 Å². The van der Waals surface area contributed by atoms with Crippen molar-refractivity contribution in [2.24, 2.45) is 57.8 Å². The summed E-state index contributed by atoms with van der Waals surface area (Å²) in [6.07, 6.45) is 20.3. The molecule has 5 N–H and O–H groups in total. The largest absolute Gasteiger partial charge is 0.446 e. The maximum Gasteiger partial charge on any atom is 0.410 e. The fraction of sp³-hybridized carbons (Fsp3) is 0.929. The molecule has 1 amide bonds. The van der Waals surface area contributed by atoms with Crippen molar-refractivity contribution in [3.05, 3.63) is 11.6 Å². The minimum atomic E-state index is -0.313. The molecule has 0 aromatic heterocycles. The molecule has 4 aliphatic carbocycles. The fourth-order valence-electron chi connectivity index (χ4n) is 10.8. The summed E-state index contributed by atoms with van der Waals surface area (Å²) in [4.78, 5) is 15.6. The minimum absolute atomic E-state index is 0.0144. The number of amides is 1. The lowest BCUT2D eigenvalue weighted by molar-refractivity contribution is -0.0593. The molecule has 0 aromatic rings. The Morgan fingerprint density at radius 3 is 2.33 bits per heavy atom. The van der Waals surface area contributed by atoms with Crippen LogP contribution in [0.4, 0.5) is 4.79 Å². The molecule has 0 heterocycles.